The Morgan fingerprint density at radius 2 is 1.22 bits per heavy atom. The van der Waals surface area contributed by atoms with Crippen molar-refractivity contribution in [2.24, 2.45) is 0 Å². The van der Waals surface area contributed by atoms with Crippen LogP contribution >= 0.6 is 0 Å². The molecule has 0 unspecified atom stereocenters. The van der Waals surface area contributed by atoms with E-state index in [2.05, 4.69) is 16.7 Å². The second-order valence-corrected chi connectivity index (χ2v) is 7.19. The highest BCUT2D eigenvalue weighted by Crippen LogP contribution is 2.39. The van der Waals surface area contributed by atoms with Crippen molar-refractivity contribution in [3.63, 3.8) is 0 Å². The zero-order chi connectivity index (χ0) is 22.5. The number of imidazole rings is 1. The number of hydrogen-bond acceptors (Lipinski definition) is 5. The van der Waals surface area contributed by atoms with Crippen molar-refractivity contribution >= 4 is 0 Å². The Morgan fingerprint density at radius 1 is 0.656 bits per heavy atom. The van der Waals surface area contributed by atoms with Gasteiger partial charge in [-0.2, -0.15) is 0 Å². The first kappa shape index (κ1) is 21.3. The number of ether oxygens (including phenoxy) is 4. The Labute approximate surface area is 188 Å². The van der Waals surface area contributed by atoms with Gasteiger partial charge in [0.05, 0.1) is 46.2 Å². The molecule has 0 spiro atoms. The third-order valence-electron chi connectivity index (χ3n) is 5.35. The van der Waals surface area contributed by atoms with Gasteiger partial charge in [-0.05, 0) is 42.0 Å². The lowest BCUT2D eigenvalue weighted by Crippen LogP contribution is -2.01. The van der Waals surface area contributed by atoms with Crippen LogP contribution in [0.1, 0.15) is 5.56 Å². The summed E-state index contributed by atoms with van der Waals surface area (Å²) in [6.07, 6.45) is 1.87. The van der Waals surface area contributed by atoms with Gasteiger partial charge in [-0.15, -0.1) is 0 Å². The van der Waals surface area contributed by atoms with Crippen molar-refractivity contribution in [3.05, 3.63) is 78.6 Å². The van der Waals surface area contributed by atoms with Gasteiger partial charge in [0.1, 0.15) is 0 Å². The van der Waals surface area contributed by atoms with E-state index in [1.807, 2.05) is 60.9 Å². The zero-order valence-electron chi connectivity index (χ0n) is 18.7. The molecule has 0 N–H and O–H groups in total. The van der Waals surface area contributed by atoms with Crippen LogP contribution in [0.3, 0.4) is 0 Å². The van der Waals surface area contributed by atoms with E-state index in [1.165, 1.54) is 5.56 Å². The normalized spacial score (nSPS) is 10.6. The third-order valence-corrected chi connectivity index (χ3v) is 5.35. The molecule has 0 radical (unpaired) electrons. The maximum absolute atomic E-state index is 5.55. The molecule has 0 aliphatic carbocycles. The molecule has 0 aliphatic rings. The minimum absolute atomic E-state index is 0.654. The fourth-order valence-electron chi connectivity index (χ4n) is 3.76. The molecule has 3 aromatic carbocycles. The summed E-state index contributed by atoms with van der Waals surface area (Å²) in [5, 5.41) is 0. The van der Waals surface area contributed by atoms with Crippen LogP contribution in [0.2, 0.25) is 0 Å². The first-order valence-electron chi connectivity index (χ1n) is 10.2. The van der Waals surface area contributed by atoms with Crippen LogP contribution in [-0.2, 0) is 6.54 Å². The van der Waals surface area contributed by atoms with Crippen LogP contribution < -0.4 is 18.9 Å². The number of benzene rings is 3. The maximum atomic E-state index is 5.55. The Kier molecular flexibility index (Phi) is 6.31. The lowest BCUT2D eigenvalue weighted by molar-refractivity contribution is 0.355. The largest absolute Gasteiger partial charge is 0.493 e. The number of aromatic nitrogens is 2. The quantitative estimate of drug-likeness (QED) is 0.380. The minimum Gasteiger partial charge on any atom is -0.493 e. The average Bonchev–Trinajstić information content (AvgIpc) is 3.27. The monoisotopic (exact) mass is 430 g/mol. The molecule has 0 aliphatic heterocycles. The van der Waals surface area contributed by atoms with Gasteiger partial charge >= 0.3 is 0 Å². The summed E-state index contributed by atoms with van der Waals surface area (Å²) in [6, 6.07) is 22.0. The zero-order valence-corrected chi connectivity index (χ0v) is 18.7. The number of nitrogens with zero attached hydrogens (tertiary/aromatic N) is 2. The van der Waals surface area contributed by atoms with Gasteiger partial charge in [0.2, 0.25) is 0 Å². The van der Waals surface area contributed by atoms with Crippen LogP contribution in [0.25, 0.3) is 22.5 Å². The van der Waals surface area contributed by atoms with Gasteiger partial charge in [0.25, 0.3) is 0 Å². The molecule has 1 heterocycles. The lowest BCUT2D eigenvalue weighted by Gasteiger charge is -2.14. The van der Waals surface area contributed by atoms with E-state index in [9.17, 15) is 0 Å². The SMILES string of the molecule is COc1ccc(-c2ncn(Cc3ccccc3)c2-c2ccc(OC)c(OC)c2)cc1OC. The fraction of sp³-hybridized carbons (Fsp3) is 0.192. The molecule has 164 valence electrons. The smallest absolute Gasteiger partial charge is 0.161 e. The van der Waals surface area contributed by atoms with E-state index in [0.717, 1.165) is 22.5 Å². The maximum Gasteiger partial charge on any atom is 0.161 e. The van der Waals surface area contributed by atoms with E-state index in [4.69, 9.17) is 23.9 Å². The molecule has 0 fully saturated rings. The molecule has 1 aromatic heterocycles. The van der Waals surface area contributed by atoms with E-state index < -0.39 is 0 Å². The molecule has 4 aromatic rings. The molecule has 4 rings (SSSR count). The summed E-state index contributed by atoms with van der Waals surface area (Å²) in [5.41, 5.74) is 4.90. The Hall–Kier alpha value is -3.93. The molecule has 0 saturated carbocycles. The first-order chi connectivity index (χ1) is 15.7. The van der Waals surface area contributed by atoms with Gasteiger partial charge in [-0.25, -0.2) is 4.98 Å². The van der Waals surface area contributed by atoms with Crippen LogP contribution in [0, 0.1) is 0 Å². The van der Waals surface area contributed by atoms with Crippen LogP contribution in [0.4, 0.5) is 0 Å². The Balaban J connectivity index is 1.88. The predicted octanol–water partition coefficient (Wildman–Crippen LogP) is 5.30. The van der Waals surface area contributed by atoms with E-state index >= 15 is 0 Å². The molecule has 0 saturated heterocycles. The second-order valence-electron chi connectivity index (χ2n) is 7.19. The summed E-state index contributed by atoms with van der Waals surface area (Å²) in [4.78, 5) is 4.78. The van der Waals surface area contributed by atoms with Crippen molar-refractivity contribution in [2.45, 2.75) is 6.54 Å². The highest BCUT2D eigenvalue weighted by Gasteiger charge is 2.19. The van der Waals surface area contributed by atoms with Crippen molar-refractivity contribution in [1.29, 1.82) is 0 Å². The van der Waals surface area contributed by atoms with Gasteiger partial charge in [0, 0.05) is 17.7 Å². The van der Waals surface area contributed by atoms with E-state index in [-0.39, 0.29) is 0 Å². The Bertz CT molecular complexity index is 1200. The lowest BCUT2D eigenvalue weighted by atomic mass is 10.0. The van der Waals surface area contributed by atoms with Crippen LogP contribution in [-0.4, -0.2) is 38.0 Å². The van der Waals surface area contributed by atoms with E-state index in [0.29, 0.717) is 29.5 Å². The van der Waals surface area contributed by atoms with Crippen molar-refractivity contribution < 1.29 is 18.9 Å². The molecule has 6 nitrogen and oxygen atoms in total. The van der Waals surface area contributed by atoms with E-state index in [1.54, 1.807) is 28.4 Å². The molecule has 0 amide bonds. The summed E-state index contributed by atoms with van der Waals surface area (Å²) >= 11 is 0. The van der Waals surface area contributed by atoms with Crippen molar-refractivity contribution in [1.82, 2.24) is 9.55 Å². The molecule has 0 bridgehead atoms. The third kappa shape index (κ3) is 4.12. The number of rotatable bonds is 8. The second kappa shape index (κ2) is 9.47. The van der Waals surface area contributed by atoms with Crippen LogP contribution in [0.15, 0.2) is 73.1 Å². The van der Waals surface area contributed by atoms with Crippen LogP contribution in [0.5, 0.6) is 23.0 Å². The average molecular weight is 431 g/mol. The number of hydrogen-bond donors (Lipinski definition) is 0. The highest BCUT2D eigenvalue weighted by molar-refractivity contribution is 5.81. The number of methoxy groups -OCH3 is 4. The topological polar surface area (TPSA) is 54.7 Å². The van der Waals surface area contributed by atoms with Crippen molar-refractivity contribution in [2.75, 3.05) is 28.4 Å². The van der Waals surface area contributed by atoms with Gasteiger partial charge in [-0.1, -0.05) is 30.3 Å². The minimum atomic E-state index is 0.654. The molecule has 0 atom stereocenters. The molecular weight excluding hydrogens is 404 g/mol. The summed E-state index contributed by atoms with van der Waals surface area (Å²) < 4.78 is 24.0. The standard InChI is InChI=1S/C26H26N2O4/c1-29-21-12-10-19(14-23(21)31-3)25-26(20-11-13-22(30-2)24(15-20)32-4)28(17-27-25)16-18-8-6-5-7-9-18/h5-15,17H,16H2,1-4H3. The Morgan fingerprint density at radius 3 is 1.81 bits per heavy atom. The highest BCUT2D eigenvalue weighted by atomic mass is 16.5. The molecular formula is C26H26N2O4. The van der Waals surface area contributed by atoms with Gasteiger partial charge in [-0.3, -0.25) is 0 Å². The summed E-state index contributed by atoms with van der Waals surface area (Å²) in [7, 11) is 6.52. The van der Waals surface area contributed by atoms with Gasteiger partial charge < -0.3 is 23.5 Å². The van der Waals surface area contributed by atoms with Crippen molar-refractivity contribution in [3.8, 4) is 45.5 Å². The first-order valence-corrected chi connectivity index (χ1v) is 10.2. The molecule has 6 heteroatoms. The van der Waals surface area contributed by atoms with Gasteiger partial charge in [0.15, 0.2) is 23.0 Å². The fourth-order valence-corrected chi connectivity index (χ4v) is 3.76. The predicted molar refractivity (Wildman–Crippen MR) is 125 cm³/mol. The summed E-state index contributed by atoms with van der Waals surface area (Å²) in [5.74, 6) is 2.67. The summed E-state index contributed by atoms with van der Waals surface area (Å²) in [6.45, 7) is 0.685. The molecule has 32 heavy (non-hydrogen) atoms.